The molecule has 0 aromatic heterocycles. The van der Waals surface area contributed by atoms with Crippen LogP contribution in [0.25, 0.3) is 0 Å². The molecular formula is C11H15F2NO2. The molecular weight excluding hydrogens is 216 g/mol. The fourth-order valence-corrected chi connectivity index (χ4v) is 1.45. The Bertz CT molecular complexity index is 369. The van der Waals surface area contributed by atoms with Crippen molar-refractivity contribution in [1.29, 1.82) is 0 Å². The lowest BCUT2D eigenvalue weighted by Crippen LogP contribution is -2.36. The molecule has 3 nitrogen and oxygen atoms in total. The van der Waals surface area contributed by atoms with Gasteiger partial charge in [0, 0.05) is 0 Å². The van der Waals surface area contributed by atoms with Crippen LogP contribution in [0.15, 0.2) is 18.2 Å². The topological polar surface area (TPSA) is 55.5 Å². The molecule has 1 rings (SSSR count). The highest BCUT2D eigenvalue weighted by Gasteiger charge is 2.37. The molecule has 0 aliphatic heterocycles. The third-order valence-corrected chi connectivity index (χ3v) is 2.48. The molecule has 1 aromatic carbocycles. The van der Waals surface area contributed by atoms with E-state index < -0.39 is 18.6 Å². The van der Waals surface area contributed by atoms with E-state index in [9.17, 15) is 8.78 Å². The second-order valence-corrected chi connectivity index (χ2v) is 3.62. The summed E-state index contributed by atoms with van der Waals surface area (Å²) in [6.45, 7) is 0.408. The van der Waals surface area contributed by atoms with E-state index in [0.717, 1.165) is 0 Å². The number of methoxy groups -OCH3 is 1. The van der Waals surface area contributed by atoms with Gasteiger partial charge in [-0.05, 0) is 30.2 Å². The molecule has 0 bridgehead atoms. The third-order valence-electron chi connectivity index (χ3n) is 2.48. The van der Waals surface area contributed by atoms with Crippen LogP contribution in [0.4, 0.5) is 8.78 Å². The highest BCUT2D eigenvalue weighted by Crippen LogP contribution is 2.31. The van der Waals surface area contributed by atoms with E-state index in [-0.39, 0.29) is 0 Å². The average molecular weight is 231 g/mol. The molecule has 5 heteroatoms. The lowest BCUT2D eigenvalue weighted by molar-refractivity contribution is -0.0713. The quantitative estimate of drug-likeness (QED) is 0.828. The van der Waals surface area contributed by atoms with Gasteiger partial charge < -0.3 is 15.6 Å². The van der Waals surface area contributed by atoms with Crippen LogP contribution >= 0.6 is 0 Å². The minimum absolute atomic E-state index is 0.305. The lowest BCUT2D eigenvalue weighted by Gasteiger charge is -2.23. The van der Waals surface area contributed by atoms with Crippen molar-refractivity contribution >= 4 is 0 Å². The van der Waals surface area contributed by atoms with E-state index in [1.165, 1.54) is 13.2 Å². The van der Waals surface area contributed by atoms with E-state index in [1.807, 2.05) is 0 Å². The number of hydrogen-bond acceptors (Lipinski definition) is 3. The van der Waals surface area contributed by atoms with Gasteiger partial charge in [-0.15, -0.1) is 0 Å². The van der Waals surface area contributed by atoms with Crippen molar-refractivity contribution < 1.29 is 18.6 Å². The van der Waals surface area contributed by atoms with Crippen molar-refractivity contribution in [1.82, 2.24) is 0 Å². The zero-order chi connectivity index (χ0) is 12.3. The second-order valence-electron chi connectivity index (χ2n) is 3.62. The van der Waals surface area contributed by atoms with E-state index >= 15 is 0 Å². The number of rotatable bonds is 4. The second kappa shape index (κ2) is 4.76. The van der Waals surface area contributed by atoms with Gasteiger partial charge in [0.15, 0.2) is 0 Å². The van der Waals surface area contributed by atoms with Crippen molar-refractivity contribution in [2.45, 2.75) is 18.9 Å². The first-order valence-electron chi connectivity index (χ1n) is 4.81. The molecule has 1 aromatic rings. The van der Waals surface area contributed by atoms with Crippen molar-refractivity contribution in [3.05, 3.63) is 29.3 Å². The molecule has 0 fully saturated rings. The Balaban J connectivity index is 3.05. The first kappa shape index (κ1) is 12.9. The summed E-state index contributed by atoms with van der Waals surface area (Å²) in [5, 5.41) is 8.56. The van der Waals surface area contributed by atoms with Crippen molar-refractivity contribution in [3.63, 3.8) is 0 Å². The Kier molecular flexibility index (Phi) is 3.83. The first-order chi connectivity index (χ1) is 7.42. The van der Waals surface area contributed by atoms with E-state index in [0.29, 0.717) is 16.9 Å². The monoisotopic (exact) mass is 231 g/mol. The van der Waals surface area contributed by atoms with Gasteiger partial charge in [-0.25, -0.2) is 8.78 Å². The van der Waals surface area contributed by atoms with Gasteiger partial charge in [0.25, 0.3) is 5.92 Å². The van der Waals surface area contributed by atoms with Crippen LogP contribution < -0.4 is 10.5 Å². The molecule has 0 spiro atoms. The normalized spacial score (nSPS) is 13.6. The van der Waals surface area contributed by atoms with Crippen molar-refractivity contribution in [2.24, 2.45) is 5.73 Å². The lowest BCUT2D eigenvalue weighted by atomic mass is 9.97. The number of nitrogens with two attached hydrogens (primary N) is 1. The third kappa shape index (κ3) is 2.48. The molecule has 0 aliphatic carbocycles. The summed E-state index contributed by atoms with van der Waals surface area (Å²) >= 11 is 0. The Hall–Kier alpha value is -1.20. The van der Waals surface area contributed by atoms with Crippen LogP contribution in [-0.4, -0.2) is 24.7 Å². The maximum atomic E-state index is 13.2. The summed E-state index contributed by atoms with van der Waals surface area (Å²) in [4.78, 5) is 0. The largest absolute Gasteiger partial charge is 0.497 e. The summed E-state index contributed by atoms with van der Waals surface area (Å²) in [5.74, 6) is -2.74. The van der Waals surface area contributed by atoms with Crippen LogP contribution in [-0.2, 0) is 0 Å². The number of hydrogen-bond donors (Lipinski definition) is 2. The van der Waals surface area contributed by atoms with Crippen LogP contribution in [0.1, 0.15) is 17.2 Å². The summed E-state index contributed by atoms with van der Waals surface area (Å²) in [6, 6.07) is 3.17. The number of benzene rings is 1. The maximum Gasteiger partial charge on any atom is 0.289 e. The van der Waals surface area contributed by atoms with Gasteiger partial charge in [-0.2, -0.15) is 0 Å². The Morgan fingerprint density at radius 3 is 2.56 bits per heavy atom. The minimum Gasteiger partial charge on any atom is -0.497 e. The molecule has 0 amide bonds. The summed E-state index contributed by atoms with van der Waals surface area (Å²) < 4.78 is 31.3. The maximum absolute atomic E-state index is 13.2. The van der Waals surface area contributed by atoms with Crippen molar-refractivity contribution in [3.8, 4) is 5.75 Å². The van der Waals surface area contributed by atoms with Gasteiger partial charge >= 0.3 is 0 Å². The smallest absolute Gasteiger partial charge is 0.289 e. The van der Waals surface area contributed by atoms with Gasteiger partial charge in [0.05, 0.1) is 13.2 Å². The number of aliphatic hydroxyl groups excluding tert-OH is 1. The molecule has 0 saturated heterocycles. The highest BCUT2D eigenvalue weighted by molar-refractivity contribution is 5.37. The predicted octanol–water partition coefficient (Wildman–Crippen LogP) is 1.63. The number of aliphatic hydroxyl groups is 1. The molecule has 16 heavy (non-hydrogen) atoms. The minimum atomic E-state index is -3.32. The Morgan fingerprint density at radius 1 is 1.50 bits per heavy atom. The zero-order valence-corrected chi connectivity index (χ0v) is 9.21. The van der Waals surface area contributed by atoms with Crippen LogP contribution in [0, 0.1) is 6.92 Å². The number of ether oxygens (including phenoxy) is 1. The molecule has 0 saturated carbocycles. The van der Waals surface area contributed by atoms with Crippen LogP contribution in [0.5, 0.6) is 5.75 Å². The average Bonchev–Trinajstić information content (AvgIpc) is 2.28. The van der Waals surface area contributed by atoms with E-state index in [1.54, 1.807) is 19.1 Å². The van der Waals surface area contributed by atoms with Gasteiger partial charge in [0.2, 0.25) is 0 Å². The van der Waals surface area contributed by atoms with Gasteiger partial charge in [-0.1, -0.05) is 6.07 Å². The molecule has 1 atom stereocenters. The fourth-order valence-electron chi connectivity index (χ4n) is 1.45. The van der Waals surface area contributed by atoms with E-state index in [4.69, 9.17) is 15.6 Å². The summed E-state index contributed by atoms with van der Waals surface area (Å²) in [7, 11) is 1.50. The van der Waals surface area contributed by atoms with Crippen LogP contribution in [0.3, 0.4) is 0 Å². The molecule has 3 N–H and O–H groups in total. The zero-order valence-electron chi connectivity index (χ0n) is 9.21. The number of aryl methyl sites for hydroxylation is 1. The summed E-state index contributed by atoms with van der Waals surface area (Å²) in [6.07, 6.45) is 0. The fraction of sp³-hybridized carbons (Fsp3) is 0.455. The van der Waals surface area contributed by atoms with Crippen molar-refractivity contribution in [2.75, 3.05) is 13.7 Å². The van der Waals surface area contributed by atoms with E-state index in [2.05, 4.69) is 0 Å². The standard InChI is InChI=1S/C11H15F2NO2/c1-7-5-8(16-2)3-4-9(7)10(14)11(12,13)6-15/h3-5,10,15H,6,14H2,1-2H3/t10-/m1/s1. The predicted molar refractivity (Wildman–Crippen MR) is 56.7 cm³/mol. The molecule has 0 unspecified atom stereocenters. The van der Waals surface area contributed by atoms with Gasteiger partial charge in [-0.3, -0.25) is 0 Å². The molecule has 0 heterocycles. The SMILES string of the molecule is COc1ccc([C@@H](N)C(F)(F)CO)c(C)c1. The molecule has 0 radical (unpaired) electrons. The number of alkyl halides is 2. The van der Waals surface area contributed by atoms with Gasteiger partial charge in [0.1, 0.15) is 12.4 Å². The van der Waals surface area contributed by atoms with Crippen LogP contribution in [0.2, 0.25) is 0 Å². The first-order valence-corrected chi connectivity index (χ1v) is 4.81. The Morgan fingerprint density at radius 2 is 2.12 bits per heavy atom. The summed E-state index contributed by atoms with van der Waals surface area (Å²) in [5.41, 5.74) is 6.34. The Labute approximate surface area is 92.8 Å². The molecule has 0 aliphatic rings. The number of halogens is 2. The molecule has 90 valence electrons. The highest BCUT2D eigenvalue weighted by atomic mass is 19.3.